The van der Waals surface area contributed by atoms with Gasteiger partial charge in [0, 0.05) is 10.3 Å². The second-order valence-electron chi connectivity index (χ2n) is 4.29. The van der Waals surface area contributed by atoms with E-state index in [1.54, 1.807) is 25.1 Å². The Balaban J connectivity index is 2.26. The third-order valence-corrected chi connectivity index (χ3v) is 3.89. The van der Waals surface area contributed by atoms with Gasteiger partial charge in [0.2, 0.25) is 0 Å². The fourth-order valence-electron chi connectivity index (χ4n) is 2.03. The second-order valence-corrected chi connectivity index (χ2v) is 5.24. The van der Waals surface area contributed by atoms with Gasteiger partial charge in [-0.1, -0.05) is 6.07 Å². The Morgan fingerprint density at radius 3 is 2.85 bits per heavy atom. The number of aryl methyl sites for hydroxylation is 1. The molecule has 3 aromatic rings. The van der Waals surface area contributed by atoms with Crippen LogP contribution in [-0.4, -0.2) is 6.47 Å². The molecule has 0 radical (unpaired) electrons. The van der Waals surface area contributed by atoms with Crippen LogP contribution in [0.15, 0.2) is 44.9 Å². The number of benzene rings is 1. The average Bonchev–Trinajstić information content (AvgIpc) is 2.93. The van der Waals surface area contributed by atoms with Crippen molar-refractivity contribution in [1.82, 2.24) is 0 Å². The fourth-order valence-corrected chi connectivity index (χ4v) is 2.76. The number of hydrogen-bond donors (Lipinski definition) is 0. The van der Waals surface area contributed by atoms with Crippen LogP contribution in [0.25, 0.3) is 21.4 Å². The summed E-state index contributed by atoms with van der Waals surface area (Å²) < 4.78 is 10.2. The van der Waals surface area contributed by atoms with E-state index in [4.69, 9.17) is 9.15 Å². The molecule has 2 aromatic heterocycles. The summed E-state index contributed by atoms with van der Waals surface area (Å²) in [4.78, 5) is 23.3. The summed E-state index contributed by atoms with van der Waals surface area (Å²) >= 11 is 1.47. The monoisotopic (exact) mass is 286 g/mol. The van der Waals surface area contributed by atoms with Crippen LogP contribution in [0.5, 0.6) is 5.75 Å². The van der Waals surface area contributed by atoms with Gasteiger partial charge in [-0.05, 0) is 42.1 Å². The smallest absolute Gasteiger partial charge is 0.345 e. The molecule has 0 unspecified atom stereocenters. The number of carbonyl (C=O) groups excluding carboxylic acids is 1. The first kappa shape index (κ1) is 12.6. The molecule has 0 aliphatic carbocycles. The Labute approximate surface area is 118 Å². The molecular formula is C15H10O4S. The van der Waals surface area contributed by atoms with Crippen molar-refractivity contribution in [3.05, 3.63) is 51.7 Å². The summed E-state index contributed by atoms with van der Waals surface area (Å²) in [5.41, 5.74) is 1.35. The molecule has 20 heavy (non-hydrogen) atoms. The molecule has 0 bridgehead atoms. The molecule has 1 aromatic carbocycles. The highest BCUT2D eigenvalue weighted by molar-refractivity contribution is 7.13. The minimum Gasteiger partial charge on any atom is -0.428 e. The third-order valence-electron chi connectivity index (χ3n) is 2.99. The zero-order valence-electron chi connectivity index (χ0n) is 10.6. The van der Waals surface area contributed by atoms with E-state index < -0.39 is 0 Å². The van der Waals surface area contributed by atoms with E-state index in [0.29, 0.717) is 23.4 Å². The zero-order chi connectivity index (χ0) is 14.1. The van der Waals surface area contributed by atoms with Crippen LogP contribution < -0.4 is 10.4 Å². The molecule has 0 saturated heterocycles. The Hall–Kier alpha value is -2.40. The molecule has 5 heteroatoms. The van der Waals surface area contributed by atoms with Crippen LogP contribution in [0.3, 0.4) is 0 Å². The Morgan fingerprint density at radius 1 is 1.30 bits per heavy atom. The number of thiophene rings is 1. The molecule has 0 fully saturated rings. The van der Waals surface area contributed by atoms with Crippen molar-refractivity contribution in [2.24, 2.45) is 0 Å². The van der Waals surface area contributed by atoms with Crippen molar-refractivity contribution in [3.63, 3.8) is 0 Å². The molecule has 3 rings (SSSR count). The van der Waals surface area contributed by atoms with Gasteiger partial charge in [0.05, 0.1) is 5.56 Å². The van der Waals surface area contributed by atoms with E-state index in [9.17, 15) is 9.59 Å². The molecule has 0 saturated carbocycles. The lowest BCUT2D eigenvalue weighted by Gasteiger charge is -2.05. The van der Waals surface area contributed by atoms with Crippen molar-refractivity contribution in [1.29, 1.82) is 0 Å². The topological polar surface area (TPSA) is 56.5 Å². The maximum absolute atomic E-state index is 12.0. The highest BCUT2D eigenvalue weighted by Gasteiger charge is 2.11. The van der Waals surface area contributed by atoms with E-state index in [1.165, 1.54) is 11.3 Å². The Kier molecular flexibility index (Phi) is 3.12. The van der Waals surface area contributed by atoms with E-state index in [-0.39, 0.29) is 5.63 Å². The number of hydrogen-bond acceptors (Lipinski definition) is 5. The summed E-state index contributed by atoms with van der Waals surface area (Å²) in [5.74, 6) is 0.457. The second kappa shape index (κ2) is 4.94. The van der Waals surface area contributed by atoms with Gasteiger partial charge in [0.15, 0.2) is 0 Å². The highest BCUT2D eigenvalue weighted by atomic mass is 32.1. The van der Waals surface area contributed by atoms with E-state index in [0.717, 1.165) is 15.8 Å². The van der Waals surface area contributed by atoms with Gasteiger partial charge < -0.3 is 9.15 Å². The maximum Gasteiger partial charge on any atom is 0.345 e. The van der Waals surface area contributed by atoms with Gasteiger partial charge >= 0.3 is 5.63 Å². The van der Waals surface area contributed by atoms with Crippen LogP contribution >= 0.6 is 11.3 Å². The summed E-state index contributed by atoms with van der Waals surface area (Å²) in [5, 5.41) is 2.62. The van der Waals surface area contributed by atoms with Crippen molar-refractivity contribution in [3.8, 4) is 16.2 Å². The summed E-state index contributed by atoms with van der Waals surface area (Å²) in [7, 11) is 0. The van der Waals surface area contributed by atoms with Gasteiger partial charge in [0.25, 0.3) is 6.47 Å². The first-order valence-corrected chi connectivity index (χ1v) is 6.79. The molecule has 0 atom stereocenters. The van der Waals surface area contributed by atoms with Gasteiger partial charge in [0.1, 0.15) is 11.3 Å². The van der Waals surface area contributed by atoms with Crippen LogP contribution in [0, 0.1) is 6.92 Å². The normalized spacial score (nSPS) is 10.7. The van der Waals surface area contributed by atoms with Gasteiger partial charge in [-0.25, -0.2) is 4.79 Å². The molecule has 4 nitrogen and oxygen atoms in total. The lowest BCUT2D eigenvalue weighted by Crippen LogP contribution is -2.02. The van der Waals surface area contributed by atoms with E-state index in [1.807, 2.05) is 17.5 Å². The van der Waals surface area contributed by atoms with Gasteiger partial charge in [-0.3, -0.25) is 4.79 Å². The standard InChI is InChI=1S/C15H10O4S/c1-9-5-13-10(7-12(9)18-8-16)6-11(15(17)19-13)14-3-2-4-20-14/h2-8H,1H3. The van der Waals surface area contributed by atoms with Gasteiger partial charge in [-0.15, -0.1) is 11.3 Å². The lowest BCUT2D eigenvalue weighted by atomic mass is 10.1. The molecule has 2 heterocycles. The molecule has 0 aliphatic rings. The number of ether oxygens (including phenoxy) is 1. The van der Waals surface area contributed by atoms with Crippen LogP contribution in [0.1, 0.15) is 5.56 Å². The largest absolute Gasteiger partial charge is 0.428 e. The summed E-state index contributed by atoms with van der Waals surface area (Å²) in [6.45, 7) is 2.17. The minimum atomic E-state index is -0.372. The van der Waals surface area contributed by atoms with Crippen molar-refractivity contribution in [2.45, 2.75) is 6.92 Å². The summed E-state index contributed by atoms with van der Waals surface area (Å²) in [6, 6.07) is 8.87. The highest BCUT2D eigenvalue weighted by Crippen LogP contribution is 2.29. The van der Waals surface area contributed by atoms with Crippen molar-refractivity contribution >= 4 is 28.8 Å². The van der Waals surface area contributed by atoms with E-state index in [2.05, 4.69) is 0 Å². The SMILES string of the molecule is Cc1cc2oc(=O)c(-c3cccs3)cc2cc1OC=O. The predicted octanol–water partition coefficient (Wildman–Crippen LogP) is 3.37. The molecule has 0 spiro atoms. The van der Waals surface area contributed by atoms with Crippen LogP contribution in [-0.2, 0) is 4.79 Å². The molecule has 0 N–H and O–H groups in total. The molecule has 0 aliphatic heterocycles. The predicted molar refractivity (Wildman–Crippen MR) is 77.2 cm³/mol. The van der Waals surface area contributed by atoms with Crippen LogP contribution in [0.2, 0.25) is 0 Å². The maximum atomic E-state index is 12.0. The van der Waals surface area contributed by atoms with E-state index >= 15 is 0 Å². The van der Waals surface area contributed by atoms with Crippen molar-refractivity contribution in [2.75, 3.05) is 0 Å². The number of rotatable bonds is 3. The fraction of sp³-hybridized carbons (Fsp3) is 0.0667. The third kappa shape index (κ3) is 2.12. The Bertz CT molecular complexity index is 831. The quantitative estimate of drug-likeness (QED) is 0.547. The molecule has 0 amide bonds. The van der Waals surface area contributed by atoms with Crippen LogP contribution in [0.4, 0.5) is 0 Å². The minimum absolute atomic E-state index is 0.372. The molecule has 100 valence electrons. The molecular weight excluding hydrogens is 276 g/mol. The Morgan fingerprint density at radius 2 is 2.15 bits per heavy atom. The average molecular weight is 286 g/mol. The first-order valence-electron chi connectivity index (χ1n) is 5.92. The van der Waals surface area contributed by atoms with Gasteiger partial charge in [-0.2, -0.15) is 0 Å². The number of carbonyl (C=O) groups is 1. The zero-order valence-corrected chi connectivity index (χ0v) is 11.4. The lowest BCUT2D eigenvalue weighted by molar-refractivity contribution is -0.120. The van der Waals surface area contributed by atoms with Crippen molar-refractivity contribution < 1.29 is 13.9 Å². The first-order chi connectivity index (χ1) is 9.69. The summed E-state index contributed by atoms with van der Waals surface area (Å²) in [6.07, 6.45) is 0. The number of fused-ring (bicyclic) bond motifs is 1.